The van der Waals surface area contributed by atoms with Crippen molar-refractivity contribution in [1.29, 1.82) is 0 Å². The van der Waals surface area contributed by atoms with E-state index in [2.05, 4.69) is 9.88 Å². The molecule has 0 aliphatic rings. The Hall–Kier alpha value is -1.54. The average molecular weight is 251 g/mol. The number of rotatable bonds is 2. The van der Waals surface area contributed by atoms with Crippen molar-refractivity contribution in [3.63, 3.8) is 0 Å². The molecule has 0 saturated carbocycles. The Kier molecular flexibility index (Phi) is 3.24. The smallest absolute Gasteiger partial charge is 0.343 e. The van der Waals surface area contributed by atoms with Gasteiger partial charge in [0.2, 0.25) is 10.0 Å². The fourth-order valence-electron chi connectivity index (χ4n) is 1.04. The zero-order valence-corrected chi connectivity index (χ0v) is 8.85. The molecule has 0 atom stereocenters. The van der Waals surface area contributed by atoms with Crippen molar-refractivity contribution in [3.05, 3.63) is 29.3 Å². The van der Waals surface area contributed by atoms with Crippen LogP contribution in [-0.4, -0.2) is 21.5 Å². The molecule has 1 aromatic carbocycles. The number of hydrogen-bond donors (Lipinski definition) is 1. The summed E-state index contributed by atoms with van der Waals surface area (Å²) >= 11 is 0. The van der Waals surface area contributed by atoms with Crippen molar-refractivity contribution in [2.45, 2.75) is 4.90 Å². The minimum absolute atomic E-state index is 0.620. The molecule has 0 amide bonds. The van der Waals surface area contributed by atoms with E-state index < -0.39 is 38.1 Å². The molecule has 88 valence electrons. The van der Waals surface area contributed by atoms with E-state index in [0.717, 1.165) is 7.11 Å². The van der Waals surface area contributed by atoms with Crippen molar-refractivity contribution >= 4 is 16.0 Å². The van der Waals surface area contributed by atoms with Crippen molar-refractivity contribution in [2.24, 2.45) is 5.14 Å². The van der Waals surface area contributed by atoms with E-state index in [9.17, 15) is 22.0 Å². The maximum atomic E-state index is 13.5. The number of methoxy groups -OCH3 is 1. The van der Waals surface area contributed by atoms with Gasteiger partial charge in [0.25, 0.3) is 0 Å². The number of ether oxygens (including phenoxy) is 1. The van der Waals surface area contributed by atoms with Crippen LogP contribution in [0.25, 0.3) is 0 Å². The zero-order valence-electron chi connectivity index (χ0n) is 8.03. The van der Waals surface area contributed by atoms with Crippen LogP contribution in [0.5, 0.6) is 0 Å². The van der Waals surface area contributed by atoms with Crippen LogP contribution in [-0.2, 0) is 14.8 Å². The minimum atomic E-state index is -4.36. The highest BCUT2D eigenvalue weighted by atomic mass is 32.2. The largest absolute Gasteiger partial charge is 0.465 e. The first-order chi connectivity index (χ1) is 7.29. The summed E-state index contributed by atoms with van der Waals surface area (Å²) in [5, 5.41) is 4.68. The van der Waals surface area contributed by atoms with Gasteiger partial charge in [-0.25, -0.2) is 27.1 Å². The van der Waals surface area contributed by atoms with Crippen molar-refractivity contribution < 1.29 is 26.7 Å². The fourth-order valence-corrected chi connectivity index (χ4v) is 1.65. The highest BCUT2D eigenvalue weighted by Crippen LogP contribution is 2.20. The monoisotopic (exact) mass is 251 g/mol. The predicted octanol–water partition coefficient (Wildman–Crippen LogP) is 0.399. The quantitative estimate of drug-likeness (QED) is 0.771. The number of hydrogen-bond acceptors (Lipinski definition) is 4. The first-order valence-electron chi connectivity index (χ1n) is 3.88. The van der Waals surface area contributed by atoms with Gasteiger partial charge in [-0.05, 0) is 12.1 Å². The molecule has 2 N–H and O–H groups in total. The molecule has 0 unspecified atom stereocenters. The van der Waals surface area contributed by atoms with Crippen LogP contribution < -0.4 is 5.14 Å². The van der Waals surface area contributed by atoms with Crippen LogP contribution in [0.2, 0.25) is 0 Å². The number of halogens is 2. The van der Waals surface area contributed by atoms with E-state index in [1.165, 1.54) is 0 Å². The molecule has 0 aromatic heterocycles. The summed E-state index contributed by atoms with van der Waals surface area (Å²) in [6.07, 6.45) is 0. The van der Waals surface area contributed by atoms with Crippen LogP contribution in [0.4, 0.5) is 8.78 Å². The lowest BCUT2D eigenvalue weighted by Gasteiger charge is -2.06. The molecule has 16 heavy (non-hydrogen) atoms. The Morgan fingerprint density at radius 2 is 1.94 bits per heavy atom. The Labute approximate surface area is 89.9 Å². The van der Waals surface area contributed by atoms with Crippen LogP contribution in [0.15, 0.2) is 17.0 Å². The van der Waals surface area contributed by atoms with Crippen LogP contribution in [0, 0.1) is 11.6 Å². The second-order valence-electron chi connectivity index (χ2n) is 2.77. The number of sulfonamides is 1. The second kappa shape index (κ2) is 4.14. The maximum absolute atomic E-state index is 13.5. The summed E-state index contributed by atoms with van der Waals surface area (Å²) in [5.41, 5.74) is -1.09. The third-order valence-electron chi connectivity index (χ3n) is 1.75. The number of carbonyl (C=O) groups is 1. The molecule has 1 aromatic rings. The van der Waals surface area contributed by atoms with Gasteiger partial charge in [0.1, 0.15) is 16.3 Å². The van der Waals surface area contributed by atoms with Crippen molar-refractivity contribution in [1.82, 2.24) is 0 Å². The highest BCUT2D eigenvalue weighted by molar-refractivity contribution is 7.89. The Bertz CT molecular complexity index is 541. The van der Waals surface area contributed by atoms with E-state index in [-0.39, 0.29) is 0 Å². The molecule has 0 bridgehead atoms. The number of carbonyl (C=O) groups excluding carboxylic acids is 1. The first kappa shape index (κ1) is 12.5. The number of nitrogens with two attached hydrogens (primary N) is 1. The van der Waals surface area contributed by atoms with E-state index in [0.29, 0.717) is 12.1 Å². The molecule has 0 aliphatic carbocycles. The number of esters is 1. The lowest BCUT2D eigenvalue weighted by molar-refractivity contribution is 0.0589. The molecule has 0 spiro atoms. The summed E-state index contributed by atoms with van der Waals surface area (Å²) in [7, 11) is -3.46. The van der Waals surface area contributed by atoms with Gasteiger partial charge in [-0.15, -0.1) is 0 Å². The Balaban J connectivity index is 3.57. The van der Waals surface area contributed by atoms with Gasteiger partial charge in [0.05, 0.1) is 7.11 Å². The van der Waals surface area contributed by atoms with Gasteiger partial charge in [-0.2, -0.15) is 0 Å². The number of benzene rings is 1. The van der Waals surface area contributed by atoms with Crippen molar-refractivity contribution in [2.75, 3.05) is 7.11 Å². The first-order valence-corrected chi connectivity index (χ1v) is 5.42. The van der Waals surface area contributed by atoms with Gasteiger partial charge in [0.15, 0.2) is 5.82 Å². The molecule has 0 radical (unpaired) electrons. The van der Waals surface area contributed by atoms with Gasteiger partial charge in [-0.1, -0.05) is 0 Å². The van der Waals surface area contributed by atoms with Gasteiger partial charge < -0.3 is 4.74 Å². The molecule has 0 aliphatic heterocycles. The van der Waals surface area contributed by atoms with Gasteiger partial charge in [0, 0.05) is 0 Å². The van der Waals surface area contributed by atoms with Gasteiger partial charge in [-0.3, -0.25) is 0 Å². The molecule has 8 heteroatoms. The minimum Gasteiger partial charge on any atom is -0.465 e. The topological polar surface area (TPSA) is 86.5 Å². The normalized spacial score (nSPS) is 11.2. The third-order valence-corrected chi connectivity index (χ3v) is 2.68. The van der Waals surface area contributed by atoms with Crippen LogP contribution in [0.1, 0.15) is 10.4 Å². The highest BCUT2D eigenvalue weighted by Gasteiger charge is 2.25. The lowest BCUT2D eigenvalue weighted by atomic mass is 10.2. The summed E-state index contributed by atoms with van der Waals surface area (Å²) in [4.78, 5) is 10.0. The van der Waals surface area contributed by atoms with E-state index in [4.69, 9.17) is 0 Å². The third kappa shape index (κ3) is 2.17. The Morgan fingerprint density at radius 3 is 2.38 bits per heavy atom. The van der Waals surface area contributed by atoms with E-state index >= 15 is 0 Å². The standard InChI is InChI=1S/C8H7F2NO4S/c1-15-8(12)6-4(9)2-3-5(7(6)10)16(11,13)14/h2-3H,1H3,(H2,11,13,14). The molecule has 0 saturated heterocycles. The summed E-state index contributed by atoms with van der Waals surface area (Å²) < 4.78 is 52.4. The zero-order chi connectivity index (χ0) is 12.5. The lowest BCUT2D eigenvalue weighted by Crippen LogP contribution is -2.17. The average Bonchev–Trinajstić information content (AvgIpc) is 2.15. The molecule has 0 fully saturated rings. The fraction of sp³-hybridized carbons (Fsp3) is 0.125. The van der Waals surface area contributed by atoms with Crippen molar-refractivity contribution in [3.8, 4) is 0 Å². The molecule has 5 nitrogen and oxygen atoms in total. The Morgan fingerprint density at radius 1 is 1.38 bits per heavy atom. The van der Waals surface area contributed by atoms with E-state index in [1.54, 1.807) is 0 Å². The predicted molar refractivity (Wildman–Crippen MR) is 49.1 cm³/mol. The van der Waals surface area contributed by atoms with E-state index in [1.807, 2.05) is 0 Å². The summed E-state index contributed by atoms with van der Waals surface area (Å²) in [6, 6.07) is 1.25. The number of primary sulfonamides is 1. The maximum Gasteiger partial charge on any atom is 0.343 e. The molecular weight excluding hydrogens is 244 g/mol. The molecule has 0 heterocycles. The van der Waals surface area contributed by atoms with Crippen LogP contribution in [0.3, 0.4) is 0 Å². The molecular formula is C8H7F2NO4S. The molecule has 1 rings (SSSR count). The summed E-state index contributed by atoms with van der Waals surface area (Å²) in [6.45, 7) is 0. The van der Waals surface area contributed by atoms with Gasteiger partial charge >= 0.3 is 5.97 Å². The SMILES string of the molecule is COC(=O)c1c(F)ccc(S(N)(=O)=O)c1F. The summed E-state index contributed by atoms with van der Waals surface area (Å²) in [5.74, 6) is -4.11. The van der Waals surface area contributed by atoms with Crippen LogP contribution >= 0.6 is 0 Å². The second-order valence-corrected chi connectivity index (χ2v) is 4.30.